The van der Waals surface area contributed by atoms with Crippen LogP contribution in [-0.2, 0) is 4.79 Å². The number of carbonyl (C=O) groups is 2. The number of benzene rings is 1. The number of nitrogens with zero attached hydrogens (tertiary/aromatic N) is 1. The van der Waals surface area contributed by atoms with E-state index in [2.05, 4.69) is 21.2 Å². The Morgan fingerprint density at radius 2 is 2.05 bits per heavy atom. The first-order valence-electron chi connectivity index (χ1n) is 6.71. The molecule has 0 spiro atoms. The highest BCUT2D eigenvalue weighted by atomic mass is 79.9. The lowest BCUT2D eigenvalue weighted by molar-refractivity contribution is -0.137. The van der Waals surface area contributed by atoms with Crippen LogP contribution in [0, 0.1) is 0 Å². The van der Waals surface area contributed by atoms with Gasteiger partial charge in [0.15, 0.2) is 0 Å². The van der Waals surface area contributed by atoms with Gasteiger partial charge in [-0.1, -0.05) is 52.3 Å². The summed E-state index contributed by atoms with van der Waals surface area (Å²) < 4.78 is 0.874. The van der Waals surface area contributed by atoms with Gasteiger partial charge in [-0.3, -0.25) is 9.69 Å². The number of aliphatic carboxylic acids is 1. The normalized spacial score (nSPS) is 20.4. The monoisotopic (exact) mass is 360 g/mol. The molecule has 0 saturated carbocycles. The molecule has 1 unspecified atom stereocenters. The molecule has 2 amide bonds. The molecule has 1 atom stereocenters. The number of halogens is 1. The van der Waals surface area contributed by atoms with E-state index in [1.54, 1.807) is 0 Å². The van der Waals surface area contributed by atoms with Crippen molar-refractivity contribution in [2.45, 2.75) is 6.04 Å². The lowest BCUT2D eigenvalue weighted by Gasteiger charge is -2.36. The summed E-state index contributed by atoms with van der Waals surface area (Å²) in [7, 11) is 0. The molecule has 0 saturated heterocycles. The van der Waals surface area contributed by atoms with Crippen LogP contribution in [0.3, 0.4) is 0 Å². The Bertz CT molecular complexity index is 722. The minimum Gasteiger partial charge on any atom is -0.480 e. The second-order valence-electron chi connectivity index (χ2n) is 4.97. The zero-order chi connectivity index (χ0) is 15.7. The molecule has 0 bridgehead atoms. The number of hydrogen-bond acceptors (Lipinski definition) is 2. The molecule has 22 heavy (non-hydrogen) atoms. The van der Waals surface area contributed by atoms with Gasteiger partial charge in [0.1, 0.15) is 6.54 Å². The van der Waals surface area contributed by atoms with Crippen LogP contribution in [0.2, 0.25) is 0 Å². The standard InChI is InChI=1S/C16H13BrN2O3/c17-11-6-7-13-12(8-11)15(10-4-2-1-3-5-10)19(9-14(20)21)16(22)18-13/h1-8,13H,9H2,(H,18,22)(H,20,21). The minimum atomic E-state index is -1.06. The van der Waals surface area contributed by atoms with Crippen LogP contribution in [0.5, 0.6) is 0 Å². The topological polar surface area (TPSA) is 69.6 Å². The second-order valence-corrected chi connectivity index (χ2v) is 5.88. The van der Waals surface area contributed by atoms with Crippen LogP contribution < -0.4 is 5.32 Å². The molecule has 3 rings (SSSR count). The van der Waals surface area contributed by atoms with E-state index in [9.17, 15) is 9.59 Å². The van der Waals surface area contributed by atoms with Crippen molar-refractivity contribution in [3.63, 3.8) is 0 Å². The highest BCUT2D eigenvalue weighted by Crippen LogP contribution is 2.33. The number of urea groups is 1. The Hall–Kier alpha value is -2.34. The van der Waals surface area contributed by atoms with E-state index in [4.69, 9.17) is 5.11 Å². The van der Waals surface area contributed by atoms with Gasteiger partial charge in [-0.05, 0) is 17.7 Å². The zero-order valence-electron chi connectivity index (χ0n) is 11.5. The van der Waals surface area contributed by atoms with Crippen LogP contribution in [-0.4, -0.2) is 34.6 Å². The fourth-order valence-electron chi connectivity index (χ4n) is 2.59. The molecule has 6 heteroatoms. The van der Waals surface area contributed by atoms with Crippen molar-refractivity contribution in [2.75, 3.05) is 6.54 Å². The third-order valence-electron chi connectivity index (χ3n) is 3.48. The third-order valence-corrected chi connectivity index (χ3v) is 3.98. The number of hydrogen-bond donors (Lipinski definition) is 2. The van der Waals surface area contributed by atoms with Gasteiger partial charge in [-0.15, -0.1) is 0 Å². The predicted molar refractivity (Wildman–Crippen MR) is 86.2 cm³/mol. The van der Waals surface area contributed by atoms with E-state index in [-0.39, 0.29) is 12.6 Å². The number of carbonyl (C=O) groups excluding carboxylic acids is 1. The van der Waals surface area contributed by atoms with Gasteiger partial charge in [0.05, 0.1) is 11.7 Å². The highest BCUT2D eigenvalue weighted by molar-refractivity contribution is 9.11. The maximum absolute atomic E-state index is 12.3. The summed E-state index contributed by atoms with van der Waals surface area (Å²) in [6.07, 6.45) is 5.64. The van der Waals surface area contributed by atoms with E-state index in [0.717, 1.165) is 15.6 Å². The Labute approximate surface area is 135 Å². The van der Waals surface area contributed by atoms with Gasteiger partial charge in [0.2, 0.25) is 0 Å². The number of nitrogens with one attached hydrogen (secondary N) is 1. The van der Waals surface area contributed by atoms with Crippen LogP contribution in [0.1, 0.15) is 5.56 Å². The Morgan fingerprint density at radius 1 is 1.32 bits per heavy atom. The van der Waals surface area contributed by atoms with E-state index >= 15 is 0 Å². The van der Waals surface area contributed by atoms with Crippen molar-refractivity contribution in [2.24, 2.45) is 0 Å². The molecule has 0 radical (unpaired) electrons. The van der Waals surface area contributed by atoms with Gasteiger partial charge in [-0.2, -0.15) is 0 Å². The second kappa shape index (κ2) is 5.81. The molecule has 5 nitrogen and oxygen atoms in total. The molecule has 1 aromatic carbocycles. The Balaban J connectivity index is 2.19. The average molecular weight is 361 g/mol. The lowest BCUT2D eigenvalue weighted by Crippen LogP contribution is -2.51. The van der Waals surface area contributed by atoms with Crippen LogP contribution in [0.25, 0.3) is 5.70 Å². The fraction of sp³-hybridized carbons (Fsp3) is 0.125. The molecule has 1 aliphatic carbocycles. The molecule has 0 aromatic heterocycles. The molecule has 2 aliphatic rings. The minimum absolute atomic E-state index is 0.256. The average Bonchev–Trinajstić information content (AvgIpc) is 2.49. The van der Waals surface area contributed by atoms with Gasteiger partial charge in [0, 0.05) is 10.1 Å². The first-order chi connectivity index (χ1) is 10.6. The number of fused-ring (bicyclic) bond motifs is 1. The largest absolute Gasteiger partial charge is 0.480 e. The van der Waals surface area contributed by atoms with Gasteiger partial charge in [0.25, 0.3) is 0 Å². The Kier molecular flexibility index (Phi) is 3.85. The van der Waals surface area contributed by atoms with Crippen LogP contribution >= 0.6 is 15.9 Å². The molecule has 1 aliphatic heterocycles. The molecular weight excluding hydrogens is 348 g/mol. The maximum atomic E-state index is 12.3. The molecular formula is C16H13BrN2O3. The summed E-state index contributed by atoms with van der Waals surface area (Å²) >= 11 is 3.43. The van der Waals surface area contributed by atoms with E-state index in [1.165, 1.54) is 4.90 Å². The summed E-state index contributed by atoms with van der Waals surface area (Å²) in [6, 6.07) is 8.67. The molecule has 112 valence electrons. The van der Waals surface area contributed by atoms with Crippen molar-refractivity contribution < 1.29 is 14.7 Å². The quantitative estimate of drug-likeness (QED) is 0.870. The maximum Gasteiger partial charge on any atom is 0.323 e. The smallest absolute Gasteiger partial charge is 0.323 e. The first kappa shape index (κ1) is 14.6. The van der Waals surface area contributed by atoms with Crippen molar-refractivity contribution in [1.29, 1.82) is 0 Å². The Morgan fingerprint density at radius 3 is 2.73 bits per heavy atom. The number of rotatable bonds is 3. The molecule has 2 N–H and O–H groups in total. The zero-order valence-corrected chi connectivity index (χ0v) is 13.1. The fourth-order valence-corrected chi connectivity index (χ4v) is 2.99. The first-order valence-corrected chi connectivity index (χ1v) is 7.50. The lowest BCUT2D eigenvalue weighted by atomic mass is 9.93. The van der Waals surface area contributed by atoms with Gasteiger partial charge in [-0.25, -0.2) is 4.79 Å². The molecule has 1 aromatic rings. The van der Waals surface area contributed by atoms with Crippen LogP contribution in [0.15, 0.2) is 58.6 Å². The number of carboxylic acid groups (broad SMARTS) is 1. The summed E-state index contributed by atoms with van der Waals surface area (Å²) in [6.45, 7) is -0.387. The van der Waals surface area contributed by atoms with Crippen molar-refractivity contribution in [3.8, 4) is 0 Å². The van der Waals surface area contributed by atoms with Crippen molar-refractivity contribution >= 4 is 33.6 Å². The van der Waals surface area contributed by atoms with Gasteiger partial charge >= 0.3 is 12.0 Å². The highest BCUT2D eigenvalue weighted by Gasteiger charge is 2.33. The van der Waals surface area contributed by atoms with E-state index in [0.29, 0.717) is 5.70 Å². The van der Waals surface area contributed by atoms with Crippen molar-refractivity contribution in [1.82, 2.24) is 10.2 Å². The molecule has 0 fully saturated rings. The molecule has 1 heterocycles. The summed E-state index contributed by atoms with van der Waals surface area (Å²) in [5.41, 5.74) is 2.30. The number of carboxylic acids is 1. The van der Waals surface area contributed by atoms with E-state index in [1.807, 2.05) is 48.6 Å². The summed E-state index contributed by atoms with van der Waals surface area (Å²) in [4.78, 5) is 24.7. The summed E-state index contributed by atoms with van der Waals surface area (Å²) in [5.74, 6) is -1.06. The van der Waals surface area contributed by atoms with Crippen molar-refractivity contribution in [3.05, 3.63) is 64.2 Å². The SMILES string of the molecule is O=C(O)CN1C(=O)NC2C=CC(Br)=CC2=C1c1ccccc1. The number of allylic oxidation sites excluding steroid dienone is 2. The predicted octanol–water partition coefficient (Wildman–Crippen LogP) is 2.72. The third kappa shape index (κ3) is 2.69. The van der Waals surface area contributed by atoms with Crippen LogP contribution in [0.4, 0.5) is 4.79 Å². The van der Waals surface area contributed by atoms with Gasteiger partial charge < -0.3 is 10.4 Å². The summed E-state index contributed by atoms with van der Waals surface area (Å²) in [5, 5.41) is 11.9. The number of amides is 2. The van der Waals surface area contributed by atoms with E-state index < -0.39 is 12.0 Å².